The highest BCUT2D eigenvalue weighted by Crippen LogP contribution is 2.11. The number of nitrogens with one attached hydrogen (secondary N) is 2. The van der Waals surface area contributed by atoms with Crippen molar-refractivity contribution < 1.29 is 13.2 Å². The molecule has 2 aromatic rings. The number of hydrogen-bond acceptors (Lipinski definition) is 6. The number of carbonyl (C=O) groups excluding carboxylic acids is 1. The second kappa shape index (κ2) is 5.20. The van der Waals surface area contributed by atoms with Crippen LogP contribution in [0.25, 0.3) is 5.78 Å². The van der Waals surface area contributed by atoms with E-state index in [-0.39, 0.29) is 41.2 Å². The van der Waals surface area contributed by atoms with Crippen molar-refractivity contribution in [2.24, 2.45) is 0 Å². The van der Waals surface area contributed by atoms with Crippen LogP contribution < -0.4 is 10.9 Å². The summed E-state index contributed by atoms with van der Waals surface area (Å²) < 4.78 is 23.9. The van der Waals surface area contributed by atoms with Crippen LogP contribution in [0.2, 0.25) is 0 Å². The summed E-state index contributed by atoms with van der Waals surface area (Å²) in [6.07, 6.45) is 0.354. The van der Waals surface area contributed by atoms with E-state index in [1.165, 1.54) is 6.07 Å². The zero-order valence-electron chi connectivity index (χ0n) is 11.9. The minimum absolute atomic E-state index is 0.0287. The van der Waals surface area contributed by atoms with Crippen LogP contribution in [0.5, 0.6) is 0 Å². The SMILES string of the molecule is Cc1cc(=O)n2[nH]c(CC(=O)NC3CCS(=O)(=O)C3)nc2n1. The summed E-state index contributed by atoms with van der Waals surface area (Å²) >= 11 is 0. The normalized spacial score (nSPS) is 20.3. The first-order valence-electron chi connectivity index (χ1n) is 6.77. The Bertz CT molecular complexity index is 898. The highest BCUT2D eigenvalue weighted by molar-refractivity contribution is 7.91. The van der Waals surface area contributed by atoms with Gasteiger partial charge in [-0.05, 0) is 13.3 Å². The molecule has 0 radical (unpaired) electrons. The van der Waals surface area contributed by atoms with Gasteiger partial charge < -0.3 is 5.32 Å². The maximum Gasteiger partial charge on any atom is 0.274 e. The van der Waals surface area contributed by atoms with Gasteiger partial charge in [-0.25, -0.2) is 13.4 Å². The number of aromatic nitrogens is 4. The number of H-pyrrole nitrogens is 1. The van der Waals surface area contributed by atoms with Crippen molar-refractivity contribution in [3.05, 3.63) is 27.9 Å². The van der Waals surface area contributed by atoms with Gasteiger partial charge in [0.25, 0.3) is 11.3 Å². The second-order valence-corrected chi connectivity index (χ2v) is 7.61. The molecule has 3 heterocycles. The van der Waals surface area contributed by atoms with Crippen molar-refractivity contribution in [1.29, 1.82) is 0 Å². The third-order valence-electron chi connectivity index (χ3n) is 3.43. The van der Waals surface area contributed by atoms with E-state index in [9.17, 15) is 18.0 Å². The molecule has 1 unspecified atom stereocenters. The summed E-state index contributed by atoms with van der Waals surface area (Å²) in [5.41, 5.74) is 0.243. The van der Waals surface area contributed by atoms with Gasteiger partial charge in [-0.15, -0.1) is 0 Å². The molecule has 2 N–H and O–H groups in total. The predicted molar refractivity (Wildman–Crippen MR) is 77.3 cm³/mol. The maximum atomic E-state index is 11.9. The lowest BCUT2D eigenvalue weighted by Crippen LogP contribution is -2.36. The summed E-state index contributed by atoms with van der Waals surface area (Å²) in [6, 6.07) is 1.00. The molecular formula is C12H15N5O4S. The zero-order chi connectivity index (χ0) is 15.9. The van der Waals surface area contributed by atoms with E-state index < -0.39 is 9.84 Å². The smallest absolute Gasteiger partial charge is 0.274 e. The lowest BCUT2D eigenvalue weighted by atomic mass is 10.2. The van der Waals surface area contributed by atoms with Gasteiger partial charge in [0.05, 0.1) is 17.9 Å². The number of sulfone groups is 1. The van der Waals surface area contributed by atoms with Gasteiger partial charge in [-0.3, -0.25) is 14.7 Å². The number of aromatic amines is 1. The summed E-state index contributed by atoms with van der Waals surface area (Å²) in [4.78, 5) is 31.9. The van der Waals surface area contributed by atoms with E-state index in [0.717, 1.165) is 4.52 Å². The van der Waals surface area contributed by atoms with Crippen molar-refractivity contribution in [2.75, 3.05) is 11.5 Å². The summed E-state index contributed by atoms with van der Waals surface area (Å²) in [6.45, 7) is 1.68. The van der Waals surface area contributed by atoms with Gasteiger partial charge in [-0.1, -0.05) is 0 Å². The molecule has 22 heavy (non-hydrogen) atoms. The van der Waals surface area contributed by atoms with Crippen LogP contribution in [0, 0.1) is 6.92 Å². The number of amides is 1. The van der Waals surface area contributed by atoms with Crippen molar-refractivity contribution >= 4 is 21.5 Å². The largest absolute Gasteiger partial charge is 0.352 e. The van der Waals surface area contributed by atoms with E-state index in [4.69, 9.17) is 0 Å². The molecule has 0 bridgehead atoms. The molecule has 0 spiro atoms. The van der Waals surface area contributed by atoms with E-state index >= 15 is 0 Å². The molecule has 0 saturated carbocycles. The lowest BCUT2D eigenvalue weighted by molar-refractivity contribution is -0.121. The van der Waals surface area contributed by atoms with Crippen LogP contribution in [0.4, 0.5) is 0 Å². The average Bonchev–Trinajstić information content (AvgIpc) is 2.92. The van der Waals surface area contributed by atoms with Gasteiger partial charge in [0.2, 0.25) is 5.91 Å². The Morgan fingerprint density at radius 3 is 2.95 bits per heavy atom. The molecule has 3 rings (SSSR count). The molecule has 1 amide bonds. The fourth-order valence-corrected chi connectivity index (χ4v) is 4.13. The lowest BCUT2D eigenvalue weighted by Gasteiger charge is -2.09. The monoisotopic (exact) mass is 325 g/mol. The summed E-state index contributed by atoms with van der Waals surface area (Å²) in [5, 5.41) is 5.38. The molecule has 0 aromatic carbocycles. The Kier molecular flexibility index (Phi) is 3.47. The maximum absolute atomic E-state index is 11.9. The van der Waals surface area contributed by atoms with E-state index in [2.05, 4.69) is 20.4 Å². The molecule has 9 nitrogen and oxygen atoms in total. The number of fused-ring (bicyclic) bond motifs is 1. The van der Waals surface area contributed by atoms with Gasteiger partial charge >= 0.3 is 0 Å². The molecule has 1 aliphatic rings. The molecule has 1 aliphatic heterocycles. The molecule has 1 atom stereocenters. The number of aryl methyl sites for hydroxylation is 1. The molecule has 1 saturated heterocycles. The number of nitrogens with zero attached hydrogens (tertiary/aromatic N) is 3. The van der Waals surface area contributed by atoms with Crippen LogP contribution in [-0.4, -0.2) is 51.5 Å². The highest BCUT2D eigenvalue weighted by atomic mass is 32.2. The molecule has 118 valence electrons. The fourth-order valence-electron chi connectivity index (χ4n) is 2.46. The topological polar surface area (TPSA) is 126 Å². The standard InChI is InChI=1S/C12H15N5O4S/c1-7-4-11(19)17-12(13-7)15-9(16-17)5-10(18)14-8-2-3-22(20,21)6-8/h4,8H,2-3,5-6H2,1H3,(H,14,18)(H,13,15,16). The third kappa shape index (κ3) is 3.01. The summed E-state index contributed by atoms with van der Waals surface area (Å²) in [5.74, 6) is 0.232. The van der Waals surface area contributed by atoms with Gasteiger partial charge in [0.1, 0.15) is 5.82 Å². The Morgan fingerprint density at radius 1 is 1.50 bits per heavy atom. The van der Waals surface area contributed by atoms with Crippen LogP contribution in [0.15, 0.2) is 10.9 Å². The van der Waals surface area contributed by atoms with E-state index in [0.29, 0.717) is 17.9 Å². The van der Waals surface area contributed by atoms with Crippen LogP contribution >= 0.6 is 0 Å². The molecule has 0 aliphatic carbocycles. The number of hydrogen-bond donors (Lipinski definition) is 2. The zero-order valence-corrected chi connectivity index (χ0v) is 12.7. The van der Waals surface area contributed by atoms with Crippen molar-refractivity contribution in [3.63, 3.8) is 0 Å². The average molecular weight is 325 g/mol. The van der Waals surface area contributed by atoms with E-state index in [1.54, 1.807) is 6.92 Å². The minimum Gasteiger partial charge on any atom is -0.352 e. The van der Waals surface area contributed by atoms with Crippen molar-refractivity contribution in [1.82, 2.24) is 24.9 Å². The van der Waals surface area contributed by atoms with Crippen LogP contribution in [-0.2, 0) is 21.1 Å². The fraction of sp³-hybridized carbons (Fsp3) is 0.500. The molecule has 10 heteroatoms. The van der Waals surface area contributed by atoms with Gasteiger partial charge in [-0.2, -0.15) is 9.50 Å². The first-order chi connectivity index (χ1) is 10.3. The van der Waals surface area contributed by atoms with Gasteiger partial charge in [0.15, 0.2) is 9.84 Å². The highest BCUT2D eigenvalue weighted by Gasteiger charge is 2.29. The first-order valence-corrected chi connectivity index (χ1v) is 8.60. The Hall–Kier alpha value is -2.23. The van der Waals surface area contributed by atoms with Crippen molar-refractivity contribution in [3.8, 4) is 0 Å². The molecule has 1 fully saturated rings. The van der Waals surface area contributed by atoms with Crippen LogP contribution in [0.3, 0.4) is 0 Å². The number of carbonyl (C=O) groups is 1. The molecular weight excluding hydrogens is 310 g/mol. The van der Waals surface area contributed by atoms with Gasteiger partial charge in [0, 0.05) is 17.8 Å². The Balaban J connectivity index is 1.72. The predicted octanol–water partition coefficient (Wildman–Crippen LogP) is -1.43. The second-order valence-electron chi connectivity index (χ2n) is 5.39. The summed E-state index contributed by atoms with van der Waals surface area (Å²) in [7, 11) is -3.04. The Morgan fingerprint density at radius 2 is 2.27 bits per heavy atom. The molecule has 2 aromatic heterocycles. The quantitative estimate of drug-likeness (QED) is 0.712. The van der Waals surface area contributed by atoms with Crippen molar-refractivity contribution in [2.45, 2.75) is 25.8 Å². The third-order valence-corrected chi connectivity index (χ3v) is 5.20. The van der Waals surface area contributed by atoms with Crippen LogP contribution in [0.1, 0.15) is 17.9 Å². The Labute approximate surface area is 125 Å². The number of rotatable bonds is 3. The minimum atomic E-state index is -3.04. The first kappa shape index (κ1) is 14.7. The van der Waals surface area contributed by atoms with E-state index in [1.807, 2.05) is 0 Å².